The van der Waals surface area contributed by atoms with Crippen LogP contribution in [0, 0.1) is 0 Å². The molecule has 1 N–H and O–H groups in total. The van der Waals surface area contributed by atoms with E-state index in [1.165, 1.54) is 24.1 Å². The summed E-state index contributed by atoms with van der Waals surface area (Å²) in [5, 5.41) is 2.01. The monoisotopic (exact) mass is 389 g/mol. The maximum Gasteiger partial charge on any atom is 0.416 e. The molecule has 3 aromatic rings. The number of amides is 1. The van der Waals surface area contributed by atoms with Crippen LogP contribution in [0.1, 0.15) is 29.8 Å². The van der Waals surface area contributed by atoms with Gasteiger partial charge in [0.25, 0.3) is 5.91 Å². The Hall–Kier alpha value is -2.47. The van der Waals surface area contributed by atoms with Crippen molar-refractivity contribution in [3.8, 4) is 11.1 Å². The zero-order chi connectivity index (χ0) is 19.6. The third kappa shape index (κ3) is 4.45. The van der Waals surface area contributed by atoms with E-state index in [0.29, 0.717) is 11.1 Å². The molecule has 0 fully saturated rings. The van der Waals surface area contributed by atoms with Crippen LogP contribution >= 0.6 is 11.9 Å². The third-order valence-electron chi connectivity index (χ3n) is 4.05. The molecule has 140 valence electrons. The molecular weight excluding hydrogens is 371 g/mol. The lowest BCUT2D eigenvalue weighted by atomic mass is 9.96. The summed E-state index contributed by atoms with van der Waals surface area (Å²) in [5.41, 5.74) is 1.39. The van der Waals surface area contributed by atoms with Gasteiger partial charge in [0.1, 0.15) is 0 Å². The van der Waals surface area contributed by atoms with Gasteiger partial charge in [-0.15, -0.1) is 0 Å². The smallest absolute Gasteiger partial charge is 0.296 e. The summed E-state index contributed by atoms with van der Waals surface area (Å²) in [6, 6.07) is 16.0. The van der Waals surface area contributed by atoms with E-state index in [9.17, 15) is 18.0 Å². The van der Waals surface area contributed by atoms with Gasteiger partial charge in [0, 0.05) is 10.8 Å². The molecule has 1 amide bonds. The van der Waals surface area contributed by atoms with Crippen molar-refractivity contribution in [3.05, 3.63) is 71.8 Å². The Labute approximate surface area is 159 Å². The van der Waals surface area contributed by atoms with Crippen LogP contribution in [0.15, 0.2) is 60.7 Å². The summed E-state index contributed by atoms with van der Waals surface area (Å²) in [4.78, 5) is 12.2. The second-order valence-corrected chi connectivity index (χ2v) is 7.80. The standard InChI is InChI=1S/C21H18F3NOS/c1-13(2)27-25-20(26)16-8-11-19-15(12-16)4-3-5-18(19)14-6-9-17(10-7-14)21(22,23)24/h3-13H,1-2H3,(H,25,26). The predicted molar refractivity (Wildman–Crippen MR) is 105 cm³/mol. The lowest BCUT2D eigenvalue weighted by Gasteiger charge is -2.11. The van der Waals surface area contributed by atoms with E-state index in [-0.39, 0.29) is 11.2 Å². The summed E-state index contributed by atoms with van der Waals surface area (Å²) in [5.74, 6) is -0.171. The zero-order valence-electron chi connectivity index (χ0n) is 14.8. The van der Waals surface area contributed by atoms with Gasteiger partial charge in [-0.2, -0.15) is 13.2 Å². The molecule has 6 heteroatoms. The van der Waals surface area contributed by atoms with Crippen molar-refractivity contribution in [2.24, 2.45) is 0 Å². The number of hydrogen-bond donors (Lipinski definition) is 1. The van der Waals surface area contributed by atoms with Gasteiger partial charge in [0.2, 0.25) is 0 Å². The highest BCUT2D eigenvalue weighted by Gasteiger charge is 2.30. The highest BCUT2D eigenvalue weighted by atomic mass is 32.2. The van der Waals surface area contributed by atoms with E-state index in [1.54, 1.807) is 12.1 Å². The molecule has 0 heterocycles. The summed E-state index contributed by atoms with van der Waals surface area (Å²) in [7, 11) is 0. The fourth-order valence-corrected chi connectivity index (χ4v) is 3.21. The first-order chi connectivity index (χ1) is 12.8. The van der Waals surface area contributed by atoms with Gasteiger partial charge >= 0.3 is 6.18 Å². The number of halogens is 3. The van der Waals surface area contributed by atoms with Gasteiger partial charge in [-0.1, -0.05) is 50.2 Å². The first-order valence-corrected chi connectivity index (χ1v) is 9.30. The Kier molecular flexibility index (Phi) is 5.46. The minimum atomic E-state index is -4.35. The predicted octanol–water partition coefficient (Wildman–Crippen LogP) is 6.31. The van der Waals surface area contributed by atoms with E-state index in [1.807, 2.05) is 38.1 Å². The Balaban J connectivity index is 1.95. The molecule has 2 nitrogen and oxygen atoms in total. The van der Waals surface area contributed by atoms with Gasteiger partial charge in [-0.05, 0) is 58.1 Å². The first-order valence-electron chi connectivity index (χ1n) is 8.42. The lowest BCUT2D eigenvalue weighted by Crippen LogP contribution is -2.17. The van der Waals surface area contributed by atoms with E-state index >= 15 is 0 Å². The maximum atomic E-state index is 12.8. The van der Waals surface area contributed by atoms with E-state index < -0.39 is 11.7 Å². The Bertz CT molecular complexity index is 965. The van der Waals surface area contributed by atoms with Crippen LogP contribution in [0.5, 0.6) is 0 Å². The molecule has 0 saturated heterocycles. The van der Waals surface area contributed by atoms with Crippen LogP contribution in [-0.4, -0.2) is 11.2 Å². The lowest BCUT2D eigenvalue weighted by molar-refractivity contribution is -0.137. The Morgan fingerprint density at radius 3 is 2.33 bits per heavy atom. The third-order valence-corrected chi connectivity index (χ3v) is 4.83. The van der Waals surface area contributed by atoms with Crippen LogP contribution in [0.4, 0.5) is 13.2 Å². The number of carbonyl (C=O) groups excluding carboxylic acids is 1. The number of carbonyl (C=O) groups is 1. The molecule has 0 unspecified atom stereocenters. The summed E-state index contributed by atoms with van der Waals surface area (Å²) in [6.07, 6.45) is -4.35. The van der Waals surface area contributed by atoms with Crippen molar-refractivity contribution in [2.75, 3.05) is 0 Å². The summed E-state index contributed by atoms with van der Waals surface area (Å²) >= 11 is 1.35. The number of hydrogen-bond acceptors (Lipinski definition) is 2. The minimum Gasteiger partial charge on any atom is -0.296 e. The molecule has 0 spiro atoms. The molecular formula is C21H18F3NOS. The Morgan fingerprint density at radius 1 is 1.00 bits per heavy atom. The molecule has 0 radical (unpaired) electrons. The van der Waals surface area contributed by atoms with E-state index in [4.69, 9.17) is 0 Å². The molecule has 0 atom stereocenters. The number of rotatable bonds is 4. The van der Waals surface area contributed by atoms with Gasteiger partial charge in [0.05, 0.1) is 5.56 Å². The molecule has 3 rings (SSSR count). The Morgan fingerprint density at radius 2 is 1.70 bits per heavy atom. The molecule has 0 aliphatic heterocycles. The largest absolute Gasteiger partial charge is 0.416 e. The van der Waals surface area contributed by atoms with Crippen LogP contribution in [0.2, 0.25) is 0 Å². The number of fused-ring (bicyclic) bond motifs is 1. The first kappa shape index (κ1) is 19.3. The van der Waals surface area contributed by atoms with Crippen molar-refractivity contribution in [1.82, 2.24) is 4.72 Å². The van der Waals surface area contributed by atoms with Crippen molar-refractivity contribution >= 4 is 28.6 Å². The fourth-order valence-electron chi connectivity index (χ4n) is 2.75. The topological polar surface area (TPSA) is 29.1 Å². The number of alkyl halides is 3. The van der Waals surface area contributed by atoms with E-state index in [0.717, 1.165) is 28.5 Å². The van der Waals surface area contributed by atoms with Crippen molar-refractivity contribution in [3.63, 3.8) is 0 Å². The average Bonchev–Trinajstić information content (AvgIpc) is 2.64. The second kappa shape index (κ2) is 7.64. The van der Waals surface area contributed by atoms with Crippen LogP contribution in [0.3, 0.4) is 0 Å². The summed E-state index contributed by atoms with van der Waals surface area (Å²) in [6.45, 7) is 3.98. The molecule has 0 bridgehead atoms. The molecule has 0 aromatic heterocycles. The number of benzene rings is 3. The molecule has 0 saturated carbocycles. The fraction of sp³-hybridized carbons (Fsp3) is 0.190. The van der Waals surface area contributed by atoms with Crippen LogP contribution in [-0.2, 0) is 6.18 Å². The zero-order valence-corrected chi connectivity index (χ0v) is 15.6. The summed E-state index contributed by atoms with van der Waals surface area (Å²) < 4.78 is 41.1. The molecule has 0 aliphatic carbocycles. The number of nitrogens with one attached hydrogen (secondary N) is 1. The average molecular weight is 389 g/mol. The normalized spacial score (nSPS) is 11.8. The SMILES string of the molecule is CC(C)SNC(=O)c1ccc2c(-c3ccc(C(F)(F)F)cc3)cccc2c1. The molecule has 27 heavy (non-hydrogen) atoms. The molecule has 0 aliphatic rings. The van der Waals surface area contributed by atoms with Crippen LogP contribution in [0.25, 0.3) is 21.9 Å². The van der Waals surface area contributed by atoms with Gasteiger partial charge in [0.15, 0.2) is 0 Å². The van der Waals surface area contributed by atoms with Gasteiger partial charge in [-0.25, -0.2) is 0 Å². The second-order valence-electron chi connectivity index (χ2n) is 6.41. The van der Waals surface area contributed by atoms with Gasteiger partial charge in [-0.3, -0.25) is 9.52 Å². The van der Waals surface area contributed by atoms with Crippen molar-refractivity contribution in [1.29, 1.82) is 0 Å². The minimum absolute atomic E-state index is 0.171. The van der Waals surface area contributed by atoms with Crippen molar-refractivity contribution in [2.45, 2.75) is 25.3 Å². The highest BCUT2D eigenvalue weighted by molar-refractivity contribution is 7.98. The van der Waals surface area contributed by atoms with Gasteiger partial charge < -0.3 is 0 Å². The highest BCUT2D eigenvalue weighted by Crippen LogP contribution is 2.33. The molecule has 3 aromatic carbocycles. The van der Waals surface area contributed by atoms with E-state index in [2.05, 4.69) is 4.72 Å². The van der Waals surface area contributed by atoms with Crippen LogP contribution < -0.4 is 4.72 Å². The van der Waals surface area contributed by atoms with Crippen molar-refractivity contribution < 1.29 is 18.0 Å². The quantitative estimate of drug-likeness (QED) is 0.530. The maximum absolute atomic E-state index is 12.8.